The molecule has 0 atom stereocenters. The number of hydrogen-bond donors (Lipinski definition) is 0. The van der Waals surface area contributed by atoms with Gasteiger partial charge >= 0.3 is 0 Å². The standard InChI is InChI=1S/C74H50O3/c75-73-69(51-13-5-1-6-14-51)65(55-29-21-47(22-30-55)59-33-25-49-27-35-61(49)45-59)67(71(73)53-17-9-3-10-18-53)57-37-41-63(42-38-57)77-64-43-39-58(40-44-64)68-66(56-31-23-48(24-32-56)60-34-26-50-28-36-62(50)46-60)70(52-15-7-2-8-16-52)74(76)72(68)54-19-11-4-12-20-54/h1-26,29-34,37-46H,27-28,35-36H2. The van der Waals surface area contributed by atoms with Crippen LogP contribution in [0.3, 0.4) is 0 Å². The minimum absolute atomic E-state index is 0.000808. The van der Waals surface area contributed by atoms with Crippen molar-refractivity contribution in [2.24, 2.45) is 0 Å². The first-order valence-electron chi connectivity index (χ1n) is 26.6. The first kappa shape index (κ1) is 45.9. The van der Waals surface area contributed by atoms with Crippen molar-refractivity contribution < 1.29 is 14.3 Å². The third-order valence-corrected chi connectivity index (χ3v) is 15.9. The maximum atomic E-state index is 15.1. The number of carbonyl (C=O) groups is 2. The van der Waals surface area contributed by atoms with E-state index in [9.17, 15) is 0 Å². The summed E-state index contributed by atoms with van der Waals surface area (Å²) < 4.78 is 6.64. The fourth-order valence-corrected chi connectivity index (χ4v) is 11.8. The van der Waals surface area contributed by atoms with Gasteiger partial charge in [0.1, 0.15) is 11.5 Å². The van der Waals surface area contributed by atoms with Gasteiger partial charge in [-0.05, 0) is 139 Å². The number of Topliss-reactive ketones (excluding diaryl/α,β-unsaturated/α-hetero) is 2. The van der Waals surface area contributed by atoms with Crippen LogP contribution >= 0.6 is 0 Å². The average molecular weight is 987 g/mol. The molecule has 0 unspecified atom stereocenters. The van der Waals surface area contributed by atoms with Gasteiger partial charge in [-0.15, -0.1) is 0 Å². The third kappa shape index (κ3) is 8.25. The predicted molar refractivity (Wildman–Crippen MR) is 315 cm³/mol. The molecule has 364 valence electrons. The van der Waals surface area contributed by atoms with Crippen LogP contribution in [-0.2, 0) is 35.3 Å². The number of hydrogen-bond acceptors (Lipinski definition) is 3. The molecule has 0 aromatic heterocycles. The van der Waals surface area contributed by atoms with Crippen molar-refractivity contribution in [3.8, 4) is 33.8 Å². The molecule has 10 aromatic carbocycles. The Hall–Kier alpha value is -9.70. The van der Waals surface area contributed by atoms with Gasteiger partial charge < -0.3 is 4.74 Å². The van der Waals surface area contributed by atoms with E-state index >= 15 is 9.59 Å². The number of ether oxygens (including phenoxy) is 1. The van der Waals surface area contributed by atoms with Crippen molar-refractivity contribution in [3.05, 3.63) is 322 Å². The van der Waals surface area contributed by atoms with E-state index in [4.69, 9.17) is 4.74 Å². The zero-order valence-corrected chi connectivity index (χ0v) is 42.3. The lowest BCUT2D eigenvalue weighted by molar-refractivity contribution is -0.109. The highest BCUT2D eigenvalue weighted by Gasteiger charge is 2.37. The smallest absolute Gasteiger partial charge is 0.195 e. The summed E-state index contributed by atoms with van der Waals surface area (Å²) in [6, 6.07) is 87.4. The van der Waals surface area contributed by atoms with E-state index in [-0.39, 0.29) is 11.6 Å². The third-order valence-electron chi connectivity index (χ3n) is 15.9. The molecule has 4 aliphatic rings. The highest BCUT2D eigenvalue weighted by molar-refractivity contribution is 6.60. The molecule has 0 N–H and O–H groups in total. The second kappa shape index (κ2) is 19.2. The fraction of sp³-hybridized carbons (Fsp3) is 0.0541. The zero-order chi connectivity index (χ0) is 51.4. The average Bonchev–Trinajstić information content (AvgIpc) is 3.96. The molecular weight excluding hydrogens is 937 g/mol. The fourth-order valence-electron chi connectivity index (χ4n) is 11.8. The summed E-state index contributed by atoms with van der Waals surface area (Å²) in [5.41, 5.74) is 24.1. The SMILES string of the molecule is O=C1C(c2ccccc2)=C(c2ccc(Oc3ccc(C4=C(c5ccccc5)C(=O)C(c5ccccc5)=C4c4ccc(-c5ccc6c(c5)CC6)cc4)cc3)cc2)C(c2ccc(-c3ccc4c(c3)CC4)cc2)=C1c1ccccc1. The van der Waals surface area contributed by atoms with E-state index in [1.54, 1.807) is 0 Å². The van der Waals surface area contributed by atoms with Crippen LogP contribution < -0.4 is 4.74 Å². The van der Waals surface area contributed by atoms with Crippen molar-refractivity contribution in [3.63, 3.8) is 0 Å². The van der Waals surface area contributed by atoms with Crippen LogP contribution in [0.15, 0.2) is 255 Å². The number of aryl methyl sites for hydroxylation is 4. The number of ketones is 2. The molecule has 77 heavy (non-hydrogen) atoms. The Morgan fingerprint density at radius 2 is 0.442 bits per heavy atom. The summed E-state index contributed by atoms with van der Waals surface area (Å²) in [7, 11) is 0. The minimum Gasteiger partial charge on any atom is -0.457 e. The lowest BCUT2D eigenvalue weighted by atomic mass is 9.85. The van der Waals surface area contributed by atoms with Crippen molar-refractivity contribution >= 4 is 56.2 Å². The predicted octanol–water partition coefficient (Wildman–Crippen LogP) is 17.2. The number of allylic oxidation sites excluding steroid dienone is 8. The quantitative estimate of drug-likeness (QED) is 0.122. The summed E-state index contributed by atoms with van der Waals surface area (Å²) in [6.45, 7) is 0. The van der Waals surface area contributed by atoms with Gasteiger partial charge in [-0.25, -0.2) is 0 Å². The monoisotopic (exact) mass is 986 g/mol. The molecule has 0 radical (unpaired) electrons. The van der Waals surface area contributed by atoms with E-state index in [1.165, 1.54) is 33.4 Å². The van der Waals surface area contributed by atoms with Gasteiger partial charge in [0, 0.05) is 44.6 Å². The molecule has 14 rings (SSSR count). The lowest BCUT2D eigenvalue weighted by Crippen LogP contribution is -2.07. The molecular formula is C74H50O3. The van der Waals surface area contributed by atoms with Gasteiger partial charge in [-0.2, -0.15) is 0 Å². The Morgan fingerprint density at radius 3 is 0.701 bits per heavy atom. The van der Waals surface area contributed by atoms with Gasteiger partial charge in [-0.1, -0.05) is 231 Å². The van der Waals surface area contributed by atoms with E-state index in [0.717, 1.165) is 104 Å². The van der Waals surface area contributed by atoms with Gasteiger partial charge in [0.25, 0.3) is 0 Å². The molecule has 3 heteroatoms. The van der Waals surface area contributed by atoms with E-state index in [1.807, 2.05) is 146 Å². The second-order valence-corrected chi connectivity index (χ2v) is 20.4. The first-order valence-corrected chi connectivity index (χ1v) is 26.6. The van der Waals surface area contributed by atoms with Gasteiger partial charge in [-0.3, -0.25) is 9.59 Å². The maximum Gasteiger partial charge on any atom is 0.195 e. The van der Waals surface area contributed by atoms with Crippen LogP contribution in [0.5, 0.6) is 11.5 Å². The zero-order valence-electron chi connectivity index (χ0n) is 42.3. The number of carbonyl (C=O) groups excluding carboxylic acids is 2. The van der Waals surface area contributed by atoms with E-state index < -0.39 is 0 Å². The molecule has 10 aromatic rings. The Labute approximate surface area is 449 Å². The molecule has 0 saturated heterocycles. The molecule has 0 aliphatic heterocycles. The lowest BCUT2D eigenvalue weighted by Gasteiger charge is -2.19. The van der Waals surface area contributed by atoms with Crippen LogP contribution in [0.2, 0.25) is 0 Å². The number of rotatable bonds is 12. The molecule has 0 heterocycles. The minimum atomic E-state index is -0.000808. The second-order valence-electron chi connectivity index (χ2n) is 20.4. The van der Waals surface area contributed by atoms with Crippen LogP contribution in [0.4, 0.5) is 0 Å². The van der Waals surface area contributed by atoms with Gasteiger partial charge in [0.15, 0.2) is 11.6 Å². The molecule has 0 bridgehead atoms. The number of fused-ring (bicyclic) bond motifs is 2. The summed E-state index contributed by atoms with van der Waals surface area (Å²) >= 11 is 0. The highest BCUT2D eigenvalue weighted by Crippen LogP contribution is 2.52. The van der Waals surface area contributed by atoms with Gasteiger partial charge in [0.2, 0.25) is 0 Å². The normalized spacial score (nSPS) is 14.6. The summed E-state index contributed by atoms with van der Waals surface area (Å²) in [5.74, 6) is 1.31. The van der Waals surface area contributed by atoms with E-state index in [0.29, 0.717) is 33.8 Å². The van der Waals surface area contributed by atoms with Crippen molar-refractivity contribution in [1.82, 2.24) is 0 Å². The first-order chi connectivity index (χ1) is 38.0. The Kier molecular flexibility index (Phi) is 11.4. The molecule has 3 nitrogen and oxygen atoms in total. The Balaban J connectivity index is 0.822. The molecule has 0 fully saturated rings. The summed E-state index contributed by atoms with van der Waals surface area (Å²) in [5, 5.41) is 0. The maximum absolute atomic E-state index is 15.1. The summed E-state index contributed by atoms with van der Waals surface area (Å²) in [6.07, 6.45) is 4.56. The van der Waals surface area contributed by atoms with Gasteiger partial charge in [0.05, 0.1) is 0 Å². The van der Waals surface area contributed by atoms with Crippen LogP contribution in [-0.4, -0.2) is 11.6 Å². The van der Waals surface area contributed by atoms with E-state index in [2.05, 4.69) is 109 Å². The van der Waals surface area contributed by atoms with Crippen molar-refractivity contribution in [2.45, 2.75) is 25.7 Å². The topological polar surface area (TPSA) is 43.4 Å². The van der Waals surface area contributed by atoms with Crippen molar-refractivity contribution in [2.75, 3.05) is 0 Å². The highest BCUT2D eigenvalue weighted by atomic mass is 16.5. The van der Waals surface area contributed by atoms with Crippen molar-refractivity contribution in [1.29, 1.82) is 0 Å². The molecule has 4 aliphatic carbocycles. The van der Waals surface area contributed by atoms with Crippen LogP contribution in [0, 0.1) is 0 Å². The largest absolute Gasteiger partial charge is 0.457 e. The number of benzene rings is 10. The Bertz CT molecular complexity index is 3830. The Morgan fingerprint density at radius 1 is 0.208 bits per heavy atom. The van der Waals surface area contributed by atoms with Crippen LogP contribution in [0.25, 0.3) is 66.8 Å². The molecule has 0 saturated carbocycles. The summed E-state index contributed by atoms with van der Waals surface area (Å²) in [4.78, 5) is 30.2. The molecule has 0 spiro atoms. The van der Waals surface area contributed by atoms with Crippen LogP contribution in [0.1, 0.15) is 66.8 Å². The molecule has 0 amide bonds.